The normalized spacial score (nSPS) is 15.3. The van der Waals surface area contributed by atoms with Crippen molar-refractivity contribution in [2.75, 3.05) is 17.2 Å². The molecule has 144 valence electrons. The number of anilines is 2. The molecular formula is C23H26N4O. The highest BCUT2D eigenvalue weighted by Crippen LogP contribution is 2.25. The first-order valence-electron chi connectivity index (χ1n) is 9.98. The molecule has 1 aromatic heterocycles. The molecular weight excluding hydrogens is 348 g/mol. The predicted octanol–water partition coefficient (Wildman–Crippen LogP) is 4.71. The molecule has 1 aliphatic rings. The fourth-order valence-corrected chi connectivity index (χ4v) is 3.85. The van der Waals surface area contributed by atoms with Gasteiger partial charge in [0.25, 0.3) is 5.91 Å². The van der Waals surface area contributed by atoms with Crippen molar-refractivity contribution in [3.63, 3.8) is 0 Å². The van der Waals surface area contributed by atoms with Crippen LogP contribution in [0.15, 0.2) is 73.1 Å². The van der Waals surface area contributed by atoms with Gasteiger partial charge in [0, 0.05) is 30.3 Å². The van der Waals surface area contributed by atoms with Crippen LogP contribution >= 0.6 is 0 Å². The maximum atomic E-state index is 13.0. The smallest absolute Gasteiger partial charge is 0.253 e. The van der Waals surface area contributed by atoms with Gasteiger partial charge in [-0.15, -0.1) is 0 Å². The van der Waals surface area contributed by atoms with Crippen LogP contribution in [0.3, 0.4) is 0 Å². The largest absolute Gasteiger partial charge is 0.385 e. The van der Waals surface area contributed by atoms with Crippen LogP contribution in [0.1, 0.15) is 37.3 Å². The number of rotatable bonds is 7. The molecule has 1 aliphatic carbocycles. The van der Waals surface area contributed by atoms with Crippen molar-refractivity contribution in [1.29, 1.82) is 0 Å². The highest BCUT2D eigenvalue weighted by molar-refractivity contribution is 5.95. The first-order chi connectivity index (χ1) is 13.8. The van der Waals surface area contributed by atoms with Crippen molar-refractivity contribution in [3.05, 3.63) is 78.6 Å². The lowest BCUT2D eigenvalue weighted by Crippen LogP contribution is -2.27. The molecule has 1 amide bonds. The van der Waals surface area contributed by atoms with E-state index in [1.165, 1.54) is 25.7 Å². The Balaban J connectivity index is 1.42. The molecule has 5 heteroatoms. The van der Waals surface area contributed by atoms with Gasteiger partial charge in [-0.25, -0.2) is 0 Å². The zero-order valence-corrected chi connectivity index (χ0v) is 15.9. The Morgan fingerprint density at radius 2 is 1.71 bits per heavy atom. The van der Waals surface area contributed by atoms with Gasteiger partial charge < -0.3 is 10.6 Å². The summed E-state index contributed by atoms with van der Waals surface area (Å²) in [7, 11) is 0. The van der Waals surface area contributed by atoms with Gasteiger partial charge in [-0.2, -0.15) is 5.10 Å². The molecule has 4 rings (SSSR count). The number of amides is 1. The standard InChI is InChI=1S/C23H26N4O/c28-23(22(27-16-6-15-25-27)19-9-2-1-3-10-19)26-21-13-11-20(12-14-21)24-17-18-7-4-5-8-18/h1-3,6,9-16,18,22,24H,4-5,7-8,17H2,(H,26,28). The summed E-state index contributed by atoms with van der Waals surface area (Å²) in [4.78, 5) is 13.0. The second-order valence-corrected chi connectivity index (χ2v) is 7.40. The van der Waals surface area contributed by atoms with Crippen LogP contribution in [-0.4, -0.2) is 22.2 Å². The lowest BCUT2D eigenvalue weighted by Gasteiger charge is -2.18. The van der Waals surface area contributed by atoms with Gasteiger partial charge in [0.2, 0.25) is 0 Å². The van der Waals surface area contributed by atoms with Crippen molar-refractivity contribution in [1.82, 2.24) is 9.78 Å². The fraction of sp³-hybridized carbons (Fsp3) is 0.304. The quantitative estimate of drug-likeness (QED) is 0.629. The molecule has 2 N–H and O–H groups in total. The van der Waals surface area contributed by atoms with E-state index in [0.29, 0.717) is 0 Å². The van der Waals surface area contributed by atoms with E-state index in [1.807, 2.05) is 66.9 Å². The first-order valence-corrected chi connectivity index (χ1v) is 9.98. The van der Waals surface area contributed by atoms with Gasteiger partial charge in [0.05, 0.1) is 0 Å². The van der Waals surface area contributed by atoms with Gasteiger partial charge in [0.1, 0.15) is 0 Å². The van der Waals surface area contributed by atoms with Crippen LogP contribution in [0.4, 0.5) is 11.4 Å². The Morgan fingerprint density at radius 3 is 2.39 bits per heavy atom. The van der Waals surface area contributed by atoms with E-state index in [9.17, 15) is 4.79 Å². The van der Waals surface area contributed by atoms with E-state index in [0.717, 1.165) is 29.4 Å². The van der Waals surface area contributed by atoms with E-state index in [4.69, 9.17) is 0 Å². The minimum atomic E-state index is -0.503. The van der Waals surface area contributed by atoms with E-state index >= 15 is 0 Å². The van der Waals surface area contributed by atoms with Crippen molar-refractivity contribution in [3.8, 4) is 0 Å². The number of hydrogen-bond donors (Lipinski definition) is 2. The maximum Gasteiger partial charge on any atom is 0.253 e. The number of nitrogens with one attached hydrogen (secondary N) is 2. The SMILES string of the molecule is O=C(Nc1ccc(NCC2CCCC2)cc1)C(c1ccccc1)n1cccn1. The van der Waals surface area contributed by atoms with Crippen LogP contribution in [0.25, 0.3) is 0 Å². The fourth-order valence-electron chi connectivity index (χ4n) is 3.85. The third-order valence-electron chi connectivity index (χ3n) is 5.38. The van der Waals surface area contributed by atoms with Gasteiger partial charge in [0.15, 0.2) is 6.04 Å². The molecule has 0 saturated heterocycles. The summed E-state index contributed by atoms with van der Waals surface area (Å²) < 4.78 is 1.68. The summed E-state index contributed by atoms with van der Waals surface area (Å²) in [6.45, 7) is 1.03. The minimum absolute atomic E-state index is 0.110. The first kappa shape index (κ1) is 18.3. The molecule has 0 radical (unpaired) electrons. The summed E-state index contributed by atoms with van der Waals surface area (Å²) >= 11 is 0. The van der Waals surface area contributed by atoms with Crippen LogP contribution < -0.4 is 10.6 Å². The zero-order chi connectivity index (χ0) is 19.2. The van der Waals surface area contributed by atoms with E-state index in [-0.39, 0.29) is 5.91 Å². The Labute approximate surface area is 165 Å². The molecule has 0 bridgehead atoms. The monoisotopic (exact) mass is 374 g/mol. The van der Waals surface area contributed by atoms with Crippen LogP contribution in [0.5, 0.6) is 0 Å². The van der Waals surface area contributed by atoms with Crippen molar-refractivity contribution < 1.29 is 4.79 Å². The zero-order valence-electron chi connectivity index (χ0n) is 15.9. The highest BCUT2D eigenvalue weighted by Gasteiger charge is 2.23. The highest BCUT2D eigenvalue weighted by atomic mass is 16.2. The summed E-state index contributed by atoms with van der Waals surface area (Å²) in [5.41, 5.74) is 2.78. The lowest BCUT2D eigenvalue weighted by molar-refractivity contribution is -0.118. The molecule has 2 aromatic carbocycles. The summed E-state index contributed by atoms with van der Waals surface area (Å²) in [5, 5.41) is 10.8. The van der Waals surface area contributed by atoms with E-state index < -0.39 is 6.04 Å². The van der Waals surface area contributed by atoms with Crippen molar-refractivity contribution in [2.45, 2.75) is 31.7 Å². The molecule has 0 aliphatic heterocycles. The topological polar surface area (TPSA) is 59.0 Å². The molecule has 1 heterocycles. The van der Waals surface area contributed by atoms with E-state index in [1.54, 1.807) is 10.9 Å². The third kappa shape index (κ3) is 4.42. The molecule has 5 nitrogen and oxygen atoms in total. The number of carbonyl (C=O) groups is 1. The molecule has 1 fully saturated rings. The Morgan fingerprint density at radius 1 is 1.00 bits per heavy atom. The summed E-state index contributed by atoms with van der Waals surface area (Å²) in [6.07, 6.45) is 8.87. The second-order valence-electron chi connectivity index (χ2n) is 7.40. The predicted molar refractivity (Wildman–Crippen MR) is 112 cm³/mol. The summed E-state index contributed by atoms with van der Waals surface area (Å²) in [6, 6.07) is 19.0. The summed E-state index contributed by atoms with van der Waals surface area (Å²) in [5.74, 6) is 0.682. The van der Waals surface area contributed by atoms with Crippen LogP contribution in [0, 0.1) is 5.92 Å². The third-order valence-corrected chi connectivity index (χ3v) is 5.38. The van der Waals surface area contributed by atoms with Crippen LogP contribution in [0.2, 0.25) is 0 Å². The van der Waals surface area contributed by atoms with Crippen molar-refractivity contribution >= 4 is 17.3 Å². The molecule has 28 heavy (non-hydrogen) atoms. The molecule has 0 spiro atoms. The number of hydrogen-bond acceptors (Lipinski definition) is 3. The second kappa shape index (κ2) is 8.74. The molecule has 1 saturated carbocycles. The average Bonchev–Trinajstić information content (AvgIpc) is 3.43. The van der Waals surface area contributed by atoms with Crippen molar-refractivity contribution in [2.24, 2.45) is 5.92 Å². The number of benzene rings is 2. The lowest BCUT2D eigenvalue weighted by atomic mass is 10.1. The van der Waals surface area contributed by atoms with Gasteiger partial charge in [-0.3, -0.25) is 9.48 Å². The number of aromatic nitrogens is 2. The number of nitrogens with zero attached hydrogens (tertiary/aromatic N) is 2. The number of carbonyl (C=O) groups excluding carboxylic acids is 1. The van der Waals surface area contributed by atoms with Crippen LogP contribution in [-0.2, 0) is 4.79 Å². The Kier molecular flexibility index (Phi) is 5.71. The molecule has 1 unspecified atom stereocenters. The Hall–Kier alpha value is -3.08. The minimum Gasteiger partial charge on any atom is -0.385 e. The van der Waals surface area contributed by atoms with E-state index in [2.05, 4.69) is 15.7 Å². The average molecular weight is 374 g/mol. The van der Waals surface area contributed by atoms with Gasteiger partial charge >= 0.3 is 0 Å². The van der Waals surface area contributed by atoms with Gasteiger partial charge in [-0.1, -0.05) is 43.2 Å². The molecule has 1 atom stereocenters. The Bertz CT molecular complexity index is 869. The molecule has 3 aromatic rings. The maximum absolute atomic E-state index is 13.0. The van der Waals surface area contributed by atoms with Gasteiger partial charge in [-0.05, 0) is 54.7 Å².